The van der Waals surface area contributed by atoms with Gasteiger partial charge in [0.1, 0.15) is 6.04 Å². The minimum absolute atomic E-state index is 0.0421. The summed E-state index contributed by atoms with van der Waals surface area (Å²) in [5, 5.41) is 6.08. The molecule has 1 heterocycles. The van der Waals surface area contributed by atoms with Crippen molar-refractivity contribution in [3.63, 3.8) is 0 Å². The Morgan fingerprint density at radius 1 is 1.45 bits per heavy atom. The van der Waals surface area contributed by atoms with Crippen LogP contribution in [-0.4, -0.2) is 49.6 Å². The van der Waals surface area contributed by atoms with Gasteiger partial charge < -0.3 is 10.6 Å². The zero-order valence-corrected chi connectivity index (χ0v) is 12.4. The van der Waals surface area contributed by atoms with Crippen LogP contribution in [-0.2, 0) is 11.2 Å². The number of nitrogens with zero attached hydrogens (tertiary/aromatic N) is 1. The van der Waals surface area contributed by atoms with E-state index in [2.05, 4.69) is 46.7 Å². The molecule has 0 aromatic heterocycles. The molecule has 0 radical (unpaired) electrons. The third-order valence-electron chi connectivity index (χ3n) is 4.09. The van der Waals surface area contributed by atoms with Crippen LogP contribution in [0.2, 0.25) is 0 Å². The molecule has 2 atom stereocenters. The second-order valence-corrected chi connectivity index (χ2v) is 5.45. The molecule has 4 heteroatoms. The number of rotatable bonds is 5. The van der Waals surface area contributed by atoms with E-state index in [0.717, 1.165) is 32.5 Å². The molecule has 1 saturated heterocycles. The maximum Gasteiger partial charge on any atom is 0.238 e. The number of nitrogens with one attached hydrogen (secondary N) is 2. The van der Waals surface area contributed by atoms with E-state index in [1.807, 2.05) is 6.07 Å². The smallest absolute Gasteiger partial charge is 0.238 e. The van der Waals surface area contributed by atoms with Gasteiger partial charge >= 0.3 is 0 Å². The minimum atomic E-state index is -0.0421. The van der Waals surface area contributed by atoms with E-state index in [1.165, 1.54) is 5.56 Å². The first-order valence-electron chi connectivity index (χ1n) is 7.44. The topological polar surface area (TPSA) is 44.4 Å². The van der Waals surface area contributed by atoms with E-state index < -0.39 is 0 Å². The Kier molecular flexibility index (Phi) is 5.56. The second-order valence-electron chi connectivity index (χ2n) is 5.45. The summed E-state index contributed by atoms with van der Waals surface area (Å²) in [5.74, 6) is 0.115. The van der Waals surface area contributed by atoms with Gasteiger partial charge in [-0.25, -0.2) is 0 Å². The minimum Gasteiger partial charge on any atom is -0.358 e. The molecule has 2 rings (SSSR count). The van der Waals surface area contributed by atoms with Gasteiger partial charge in [-0.2, -0.15) is 0 Å². The third-order valence-corrected chi connectivity index (χ3v) is 4.09. The van der Waals surface area contributed by atoms with Crippen LogP contribution in [0.3, 0.4) is 0 Å². The fourth-order valence-electron chi connectivity index (χ4n) is 2.84. The normalized spacial score (nSPS) is 21.4. The summed E-state index contributed by atoms with van der Waals surface area (Å²) >= 11 is 0. The first-order chi connectivity index (χ1) is 9.72. The van der Waals surface area contributed by atoms with Gasteiger partial charge in [-0.3, -0.25) is 9.69 Å². The molecule has 0 saturated carbocycles. The van der Waals surface area contributed by atoms with Crippen molar-refractivity contribution in [2.75, 3.05) is 26.7 Å². The molecule has 0 aliphatic carbocycles. The van der Waals surface area contributed by atoms with E-state index >= 15 is 0 Å². The van der Waals surface area contributed by atoms with Gasteiger partial charge in [0.25, 0.3) is 0 Å². The van der Waals surface area contributed by atoms with Crippen molar-refractivity contribution in [1.82, 2.24) is 15.5 Å². The Morgan fingerprint density at radius 2 is 2.20 bits per heavy atom. The number of hydrogen-bond donors (Lipinski definition) is 2. The summed E-state index contributed by atoms with van der Waals surface area (Å²) in [4.78, 5) is 14.3. The molecule has 2 N–H and O–H groups in total. The molecule has 2 unspecified atom stereocenters. The number of amides is 1. The summed E-state index contributed by atoms with van der Waals surface area (Å²) in [6.45, 7) is 4.87. The number of aryl methyl sites for hydroxylation is 1. The van der Waals surface area contributed by atoms with Crippen LogP contribution < -0.4 is 10.6 Å². The second kappa shape index (κ2) is 7.41. The lowest BCUT2D eigenvalue weighted by molar-refractivity contribution is -0.127. The predicted octanol–water partition coefficient (Wildman–Crippen LogP) is 1.03. The van der Waals surface area contributed by atoms with Crippen molar-refractivity contribution in [1.29, 1.82) is 0 Å². The van der Waals surface area contributed by atoms with Crippen LogP contribution in [0, 0.1) is 0 Å². The van der Waals surface area contributed by atoms with E-state index in [4.69, 9.17) is 0 Å². The molecule has 110 valence electrons. The highest BCUT2D eigenvalue weighted by atomic mass is 16.2. The Bertz CT molecular complexity index is 421. The molecule has 1 amide bonds. The SMILES string of the molecule is CNC(=O)C1CNCCN1C(C)CCc1ccccc1. The van der Waals surface area contributed by atoms with Crippen molar-refractivity contribution < 1.29 is 4.79 Å². The quantitative estimate of drug-likeness (QED) is 0.843. The van der Waals surface area contributed by atoms with Gasteiger partial charge in [-0.05, 0) is 25.3 Å². The Morgan fingerprint density at radius 3 is 2.90 bits per heavy atom. The standard InChI is InChI=1S/C16H25N3O/c1-13(8-9-14-6-4-3-5-7-14)19-11-10-18-12-15(19)16(20)17-2/h3-7,13,15,18H,8-12H2,1-2H3,(H,17,20). The molecule has 1 fully saturated rings. The number of hydrogen-bond acceptors (Lipinski definition) is 3. The monoisotopic (exact) mass is 275 g/mol. The first kappa shape index (κ1) is 15.0. The highest BCUT2D eigenvalue weighted by molar-refractivity contribution is 5.81. The van der Waals surface area contributed by atoms with E-state index in [9.17, 15) is 4.79 Å². The summed E-state index contributed by atoms with van der Waals surface area (Å²) < 4.78 is 0. The van der Waals surface area contributed by atoms with Gasteiger partial charge in [0.2, 0.25) is 5.91 Å². The maximum absolute atomic E-state index is 12.0. The molecule has 0 bridgehead atoms. The Hall–Kier alpha value is -1.39. The fourth-order valence-corrected chi connectivity index (χ4v) is 2.84. The summed E-state index contributed by atoms with van der Waals surface area (Å²) in [6.07, 6.45) is 2.14. The first-order valence-corrected chi connectivity index (χ1v) is 7.44. The zero-order valence-electron chi connectivity index (χ0n) is 12.4. The number of piperazine rings is 1. The van der Waals surface area contributed by atoms with Crippen LogP contribution in [0.1, 0.15) is 18.9 Å². The van der Waals surface area contributed by atoms with Gasteiger partial charge in [0.15, 0.2) is 0 Å². The molecule has 20 heavy (non-hydrogen) atoms. The van der Waals surface area contributed by atoms with Crippen LogP contribution in [0.15, 0.2) is 30.3 Å². The highest BCUT2D eigenvalue weighted by Crippen LogP contribution is 2.14. The molecule has 1 aliphatic rings. The predicted molar refractivity (Wildman–Crippen MR) is 81.7 cm³/mol. The molecular formula is C16H25N3O. The zero-order chi connectivity index (χ0) is 14.4. The van der Waals surface area contributed by atoms with Crippen molar-refractivity contribution in [3.05, 3.63) is 35.9 Å². The van der Waals surface area contributed by atoms with Crippen molar-refractivity contribution in [2.45, 2.75) is 31.8 Å². The summed E-state index contributed by atoms with van der Waals surface area (Å²) in [6, 6.07) is 10.9. The number of likely N-dealkylation sites (N-methyl/N-ethyl adjacent to an activating group) is 1. The van der Waals surface area contributed by atoms with Gasteiger partial charge in [-0.15, -0.1) is 0 Å². The van der Waals surface area contributed by atoms with Gasteiger partial charge in [0.05, 0.1) is 0 Å². The van der Waals surface area contributed by atoms with Crippen molar-refractivity contribution >= 4 is 5.91 Å². The van der Waals surface area contributed by atoms with Crippen LogP contribution >= 0.6 is 0 Å². The largest absolute Gasteiger partial charge is 0.358 e. The molecule has 1 aromatic carbocycles. The molecule has 1 aromatic rings. The lowest BCUT2D eigenvalue weighted by Crippen LogP contribution is -2.59. The molecule has 1 aliphatic heterocycles. The lowest BCUT2D eigenvalue weighted by Gasteiger charge is -2.39. The van der Waals surface area contributed by atoms with Gasteiger partial charge in [-0.1, -0.05) is 30.3 Å². The van der Waals surface area contributed by atoms with E-state index in [1.54, 1.807) is 7.05 Å². The van der Waals surface area contributed by atoms with Crippen LogP contribution in [0.25, 0.3) is 0 Å². The van der Waals surface area contributed by atoms with Crippen LogP contribution in [0.5, 0.6) is 0 Å². The molecular weight excluding hydrogens is 250 g/mol. The lowest BCUT2D eigenvalue weighted by atomic mass is 10.0. The molecule has 4 nitrogen and oxygen atoms in total. The third kappa shape index (κ3) is 3.81. The maximum atomic E-state index is 12.0. The van der Waals surface area contributed by atoms with E-state index in [-0.39, 0.29) is 11.9 Å². The van der Waals surface area contributed by atoms with Crippen molar-refractivity contribution in [3.8, 4) is 0 Å². The number of carbonyl (C=O) groups is 1. The average molecular weight is 275 g/mol. The summed E-state index contributed by atoms with van der Waals surface area (Å²) in [7, 11) is 1.71. The highest BCUT2D eigenvalue weighted by Gasteiger charge is 2.30. The average Bonchev–Trinajstić information content (AvgIpc) is 2.52. The van der Waals surface area contributed by atoms with Crippen molar-refractivity contribution in [2.24, 2.45) is 0 Å². The molecule has 0 spiro atoms. The van der Waals surface area contributed by atoms with Crippen LogP contribution in [0.4, 0.5) is 0 Å². The number of carbonyl (C=O) groups excluding carboxylic acids is 1. The fraction of sp³-hybridized carbons (Fsp3) is 0.562. The summed E-state index contributed by atoms with van der Waals surface area (Å²) in [5.41, 5.74) is 1.37. The number of benzene rings is 1. The Balaban J connectivity index is 1.92. The Labute approximate surface area is 121 Å². The van der Waals surface area contributed by atoms with E-state index in [0.29, 0.717) is 6.04 Å². The van der Waals surface area contributed by atoms with Gasteiger partial charge in [0, 0.05) is 32.7 Å².